The zero-order valence-corrected chi connectivity index (χ0v) is 19.5. The predicted molar refractivity (Wildman–Crippen MR) is 70.2 cm³/mol. The molecule has 20 heavy (non-hydrogen) atoms. The van der Waals surface area contributed by atoms with E-state index in [1.54, 1.807) is 27.7 Å². The van der Waals surface area contributed by atoms with Gasteiger partial charge in [-0.3, -0.25) is 9.59 Å². The number of rotatable bonds is 4. The Kier molecular flexibility index (Phi) is 34.8. The molecule has 6 N–H and O–H groups in total. The maximum Gasteiger partial charge on any atom is 1.00 e. The zero-order chi connectivity index (χ0) is 15.5. The van der Waals surface area contributed by atoms with Gasteiger partial charge in [-0.2, -0.15) is 0 Å². The van der Waals surface area contributed by atoms with Crippen LogP contribution in [0, 0.1) is 11.8 Å². The third kappa shape index (κ3) is 22.1. The van der Waals surface area contributed by atoms with E-state index in [1.807, 2.05) is 6.79 Å². The Bertz CT molecular complexity index is 239. The van der Waals surface area contributed by atoms with Gasteiger partial charge in [0.05, 0.1) is 0 Å². The van der Waals surface area contributed by atoms with Crippen molar-refractivity contribution in [2.75, 3.05) is 0 Å². The molecule has 0 rings (SSSR count). The monoisotopic (exact) mass is 344 g/mol. The van der Waals surface area contributed by atoms with E-state index >= 15 is 0 Å². The number of carbonyl (C=O) groups excluding carboxylic acids is 1. The molecule has 0 aromatic carbocycles. The van der Waals surface area contributed by atoms with Gasteiger partial charge in [-0.1, -0.05) is 27.7 Å². The molecule has 0 bridgehead atoms. The van der Waals surface area contributed by atoms with Crippen molar-refractivity contribution >= 4 is 18.7 Å². The van der Waals surface area contributed by atoms with Crippen molar-refractivity contribution in [2.24, 2.45) is 23.3 Å². The van der Waals surface area contributed by atoms with Gasteiger partial charge >= 0.3 is 115 Å². The summed E-state index contributed by atoms with van der Waals surface area (Å²) in [6.07, 6.45) is 0. The van der Waals surface area contributed by atoms with Gasteiger partial charge in [0.2, 0.25) is 0 Å². The summed E-state index contributed by atoms with van der Waals surface area (Å²) >= 11 is 0. The standard InChI is InChI=1S/2C5H11NO2.CH2O.2K.2H/c2*1-3(2)4(6)5(7)8;1-2;;;;/h2*3-4H,6H2,1-2H3,(H,7,8);1H2;;;;/q;;;2*+1;2*-1/t2*4-;;;;;/m00...../s1. The Morgan fingerprint density at radius 1 is 0.850 bits per heavy atom. The van der Waals surface area contributed by atoms with Crippen molar-refractivity contribution in [3.8, 4) is 0 Å². The molecule has 112 valence electrons. The molecule has 0 aliphatic rings. The minimum atomic E-state index is -0.931. The zero-order valence-electron chi connectivity index (χ0n) is 15.3. The first-order valence-corrected chi connectivity index (χ1v) is 5.36. The van der Waals surface area contributed by atoms with Crippen molar-refractivity contribution in [3.63, 3.8) is 0 Å². The van der Waals surface area contributed by atoms with Gasteiger partial charge in [0.1, 0.15) is 18.9 Å². The molecule has 0 spiro atoms. The van der Waals surface area contributed by atoms with E-state index in [0.717, 1.165) is 0 Å². The first kappa shape index (κ1) is 33.4. The van der Waals surface area contributed by atoms with Gasteiger partial charge in [0, 0.05) is 0 Å². The fourth-order valence-corrected chi connectivity index (χ4v) is 0.570. The number of hydrogen-bond donors (Lipinski definition) is 4. The summed E-state index contributed by atoms with van der Waals surface area (Å²) in [5.74, 6) is -1.82. The fraction of sp³-hybridized carbons (Fsp3) is 0.727. The van der Waals surface area contributed by atoms with Gasteiger partial charge in [-0.25, -0.2) is 0 Å². The average molecular weight is 345 g/mol. The van der Waals surface area contributed by atoms with Crippen LogP contribution in [0.15, 0.2) is 0 Å². The number of carboxylic acids is 2. The molecule has 9 heteroatoms. The van der Waals surface area contributed by atoms with E-state index in [9.17, 15) is 9.59 Å². The van der Waals surface area contributed by atoms with Crippen LogP contribution in [0.1, 0.15) is 30.5 Å². The van der Waals surface area contributed by atoms with E-state index in [1.165, 1.54) is 0 Å². The summed E-state index contributed by atoms with van der Waals surface area (Å²) in [5, 5.41) is 16.5. The van der Waals surface area contributed by atoms with Crippen LogP contribution in [0.2, 0.25) is 0 Å². The van der Waals surface area contributed by atoms with Gasteiger partial charge in [-0.05, 0) is 11.8 Å². The first-order valence-electron chi connectivity index (χ1n) is 5.36. The molecule has 0 aromatic rings. The third-order valence-electron chi connectivity index (χ3n) is 2.01. The predicted octanol–water partition coefficient (Wildman–Crippen LogP) is -5.84. The molecule has 0 aliphatic heterocycles. The molecule has 0 amide bonds. The summed E-state index contributed by atoms with van der Waals surface area (Å²) in [7, 11) is 0. The molecule has 0 unspecified atom stereocenters. The van der Waals surface area contributed by atoms with Crippen LogP contribution in [0.3, 0.4) is 0 Å². The second-order valence-corrected chi connectivity index (χ2v) is 4.22. The fourth-order valence-electron chi connectivity index (χ4n) is 0.570. The van der Waals surface area contributed by atoms with Gasteiger partial charge < -0.3 is 29.3 Å². The maximum absolute atomic E-state index is 10.0. The van der Waals surface area contributed by atoms with Crippen molar-refractivity contribution in [2.45, 2.75) is 39.8 Å². The van der Waals surface area contributed by atoms with E-state index < -0.39 is 24.0 Å². The van der Waals surface area contributed by atoms with Gasteiger partial charge in [0.15, 0.2) is 0 Å². The third-order valence-corrected chi connectivity index (χ3v) is 2.01. The quantitative estimate of drug-likeness (QED) is 0.372. The van der Waals surface area contributed by atoms with Crippen LogP contribution in [0.25, 0.3) is 0 Å². The largest absolute Gasteiger partial charge is 1.00 e. The van der Waals surface area contributed by atoms with Crippen molar-refractivity contribution in [1.82, 2.24) is 0 Å². The SMILES string of the molecule is C=O.CC(C)[C@H](N)C(=O)O.CC(C)[C@H](N)C(=O)O.[H-].[H-].[K+].[K+]. The minimum absolute atomic E-state index is 0. The Morgan fingerprint density at radius 2 is 1.00 bits per heavy atom. The molecule has 0 aliphatic carbocycles. The minimum Gasteiger partial charge on any atom is -1.00 e. The normalized spacial score (nSPS) is 11.4. The molecule has 0 heterocycles. The van der Waals surface area contributed by atoms with Gasteiger partial charge in [-0.15, -0.1) is 0 Å². The number of carboxylic acid groups (broad SMARTS) is 2. The Morgan fingerprint density at radius 3 is 1.00 bits per heavy atom. The molecular formula is C11H26K2N2O5. The first-order chi connectivity index (χ1) is 8.11. The van der Waals surface area contributed by atoms with Crippen LogP contribution in [0.5, 0.6) is 0 Å². The second-order valence-electron chi connectivity index (χ2n) is 4.22. The van der Waals surface area contributed by atoms with Crippen LogP contribution in [-0.2, 0) is 14.4 Å². The number of hydrogen-bond acceptors (Lipinski definition) is 5. The Labute approximate surface area is 208 Å². The summed E-state index contributed by atoms with van der Waals surface area (Å²) < 4.78 is 0. The van der Waals surface area contributed by atoms with Crippen molar-refractivity contribution < 1.29 is 130 Å². The molecule has 0 aromatic heterocycles. The number of nitrogens with two attached hydrogens (primary N) is 2. The Balaban J connectivity index is -0.0000000315. The molecule has 0 saturated heterocycles. The summed E-state index contributed by atoms with van der Waals surface area (Å²) in [4.78, 5) is 28.0. The van der Waals surface area contributed by atoms with Crippen LogP contribution < -0.4 is 114 Å². The van der Waals surface area contributed by atoms with Crippen molar-refractivity contribution in [3.05, 3.63) is 0 Å². The molecule has 0 radical (unpaired) electrons. The number of carbonyl (C=O) groups is 3. The van der Waals surface area contributed by atoms with Crippen LogP contribution in [-0.4, -0.2) is 41.0 Å². The maximum atomic E-state index is 10.0. The van der Waals surface area contributed by atoms with Crippen LogP contribution >= 0.6 is 0 Å². The molecule has 0 fully saturated rings. The average Bonchev–Trinajstić information content (AvgIpc) is 2.29. The summed E-state index contributed by atoms with van der Waals surface area (Å²) in [5.41, 5.74) is 10.3. The smallest absolute Gasteiger partial charge is 1.00 e. The summed E-state index contributed by atoms with van der Waals surface area (Å²) in [6.45, 7) is 9.11. The topological polar surface area (TPSA) is 144 Å². The summed E-state index contributed by atoms with van der Waals surface area (Å²) in [6, 6.07) is -1.43. The number of aliphatic carboxylic acids is 2. The van der Waals surface area contributed by atoms with Gasteiger partial charge in [0.25, 0.3) is 0 Å². The van der Waals surface area contributed by atoms with Crippen LogP contribution in [0.4, 0.5) is 0 Å². The van der Waals surface area contributed by atoms with E-state index in [0.29, 0.717) is 0 Å². The Hall–Kier alpha value is 1.80. The molecular weight excluding hydrogens is 318 g/mol. The second kappa shape index (κ2) is 20.8. The van der Waals surface area contributed by atoms with Crippen molar-refractivity contribution in [1.29, 1.82) is 0 Å². The van der Waals surface area contributed by atoms with E-state index in [4.69, 9.17) is 26.5 Å². The van der Waals surface area contributed by atoms with E-state index in [-0.39, 0.29) is 117 Å². The molecule has 0 saturated carbocycles. The van der Waals surface area contributed by atoms with E-state index in [2.05, 4.69) is 0 Å². The molecule has 7 nitrogen and oxygen atoms in total. The molecule has 2 atom stereocenters.